The van der Waals surface area contributed by atoms with E-state index in [0.717, 1.165) is 21.3 Å². The van der Waals surface area contributed by atoms with E-state index in [4.69, 9.17) is 21.1 Å². The molecule has 1 fully saturated rings. The second-order valence-corrected chi connectivity index (χ2v) is 10.1. The lowest BCUT2D eigenvalue weighted by Crippen LogP contribution is -2.48. The first-order valence-corrected chi connectivity index (χ1v) is 11.5. The van der Waals surface area contributed by atoms with Crippen molar-refractivity contribution in [1.29, 1.82) is 0 Å². The first-order chi connectivity index (χ1) is 13.4. The monoisotopic (exact) mass is 486 g/mol. The van der Waals surface area contributed by atoms with E-state index < -0.39 is 10.0 Å². The molecule has 0 spiro atoms. The lowest BCUT2D eigenvalue weighted by Gasteiger charge is -2.34. The number of ether oxygens (including phenoxy) is 2. The zero-order valence-electron chi connectivity index (χ0n) is 15.1. The standard InChI is InChI=1S/C19H20BrClN2O4S/c20-16-2-1-3-18(10-16)28(24,25)23-6-4-22(5-7-23)11-14-8-17(21)9-15-12-26-13-27-19(14)15/h1-3,8-10H,4-7,11-13H2. The number of fused-ring (bicyclic) bond motifs is 1. The Morgan fingerprint density at radius 3 is 2.64 bits per heavy atom. The number of halogens is 2. The lowest BCUT2D eigenvalue weighted by atomic mass is 10.1. The van der Waals surface area contributed by atoms with Crippen molar-refractivity contribution in [2.24, 2.45) is 0 Å². The number of nitrogens with zero attached hydrogens (tertiary/aromatic N) is 2. The predicted octanol–water partition coefficient (Wildman–Crippen LogP) is 3.48. The van der Waals surface area contributed by atoms with Crippen molar-refractivity contribution in [1.82, 2.24) is 9.21 Å². The van der Waals surface area contributed by atoms with Gasteiger partial charge in [-0.05, 0) is 30.3 Å². The summed E-state index contributed by atoms with van der Waals surface area (Å²) in [7, 11) is -3.49. The van der Waals surface area contributed by atoms with E-state index in [0.29, 0.717) is 49.2 Å². The number of hydrogen-bond donors (Lipinski definition) is 0. The second-order valence-electron chi connectivity index (χ2n) is 6.80. The molecule has 0 amide bonds. The Morgan fingerprint density at radius 2 is 1.89 bits per heavy atom. The first kappa shape index (κ1) is 20.1. The summed E-state index contributed by atoms with van der Waals surface area (Å²) in [6.45, 7) is 3.56. The maximum absolute atomic E-state index is 12.9. The van der Waals surface area contributed by atoms with Crippen molar-refractivity contribution in [3.05, 3.63) is 57.0 Å². The minimum absolute atomic E-state index is 0.236. The molecule has 9 heteroatoms. The van der Waals surface area contributed by atoms with Crippen molar-refractivity contribution in [2.45, 2.75) is 18.0 Å². The smallest absolute Gasteiger partial charge is 0.243 e. The highest BCUT2D eigenvalue weighted by Gasteiger charge is 2.29. The van der Waals surface area contributed by atoms with E-state index in [-0.39, 0.29) is 6.79 Å². The van der Waals surface area contributed by atoms with Crippen LogP contribution >= 0.6 is 27.5 Å². The van der Waals surface area contributed by atoms with Gasteiger partial charge in [0.25, 0.3) is 0 Å². The van der Waals surface area contributed by atoms with Gasteiger partial charge in [0.1, 0.15) is 5.75 Å². The molecule has 2 aromatic rings. The average molecular weight is 488 g/mol. The van der Waals surface area contributed by atoms with Gasteiger partial charge in [0.05, 0.1) is 11.5 Å². The van der Waals surface area contributed by atoms with Gasteiger partial charge in [-0.15, -0.1) is 0 Å². The van der Waals surface area contributed by atoms with Crippen molar-refractivity contribution in [2.75, 3.05) is 33.0 Å². The molecule has 0 atom stereocenters. The molecule has 28 heavy (non-hydrogen) atoms. The summed E-state index contributed by atoms with van der Waals surface area (Å²) in [4.78, 5) is 2.53. The molecule has 0 unspecified atom stereocenters. The molecule has 6 nitrogen and oxygen atoms in total. The predicted molar refractivity (Wildman–Crippen MR) is 110 cm³/mol. The van der Waals surface area contributed by atoms with Gasteiger partial charge in [-0.25, -0.2) is 8.42 Å². The summed E-state index contributed by atoms with van der Waals surface area (Å²) in [5, 5.41) is 0.652. The van der Waals surface area contributed by atoms with Crippen LogP contribution < -0.4 is 4.74 Å². The fourth-order valence-electron chi connectivity index (χ4n) is 3.52. The highest BCUT2D eigenvalue weighted by molar-refractivity contribution is 9.10. The third-order valence-corrected chi connectivity index (χ3v) is 7.52. The first-order valence-electron chi connectivity index (χ1n) is 8.93. The third-order valence-electron chi connectivity index (χ3n) is 4.91. The Morgan fingerprint density at radius 1 is 1.11 bits per heavy atom. The summed E-state index contributed by atoms with van der Waals surface area (Å²) < 4.78 is 39.1. The van der Waals surface area contributed by atoms with Crippen molar-refractivity contribution in [3.63, 3.8) is 0 Å². The molecular weight excluding hydrogens is 468 g/mol. The van der Waals surface area contributed by atoms with Gasteiger partial charge in [0.2, 0.25) is 10.0 Å². The van der Waals surface area contributed by atoms with E-state index in [2.05, 4.69) is 20.8 Å². The molecular formula is C19H20BrClN2O4S. The average Bonchev–Trinajstić information content (AvgIpc) is 2.68. The zero-order valence-corrected chi connectivity index (χ0v) is 18.3. The molecule has 0 aromatic heterocycles. The minimum Gasteiger partial charge on any atom is -0.467 e. The number of piperazine rings is 1. The Balaban J connectivity index is 1.45. The molecule has 150 valence electrons. The maximum atomic E-state index is 12.9. The third kappa shape index (κ3) is 4.22. The molecule has 1 saturated heterocycles. The van der Waals surface area contributed by atoms with Crippen molar-refractivity contribution < 1.29 is 17.9 Å². The van der Waals surface area contributed by atoms with Crippen molar-refractivity contribution in [3.8, 4) is 5.75 Å². The molecule has 2 heterocycles. The van der Waals surface area contributed by atoms with E-state index >= 15 is 0 Å². The molecule has 0 N–H and O–H groups in total. The van der Waals surface area contributed by atoms with Crippen LogP contribution in [0.3, 0.4) is 0 Å². The highest BCUT2D eigenvalue weighted by Crippen LogP contribution is 2.33. The van der Waals surface area contributed by atoms with Gasteiger partial charge < -0.3 is 9.47 Å². The van der Waals surface area contributed by atoms with Gasteiger partial charge in [0.15, 0.2) is 6.79 Å². The van der Waals surface area contributed by atoms with Crippen LogP contribution in [0.25, 0.3) is 0 Å². The SMILES string of the molecule is O=S(=O)(c1cccc(Br)c1)N1CCN(Cc2cc(Cl)cc3c2OCOC3)CC1. The number of benzene rings is 2. The molecule has 2 aliphatic rings. The number of rotatable bonds is 4. The van der Waals surface area contributed by atoms with E-state index in [1.807, 2.05) is 18.2 Å². The van der Waals surface area contributed by atoms with Crippen LogP contribution in [0, 0.1) is 0 Å². The van der Waals surface area contributed by atoms with Gasteiger partial charge >= 0.3 is 0 Å². The summed E-state index contributed by atoms with van der Waals surface area (Å²) >= 11 is 9.58. The largest absolute Gasteiger partial charge is 0.467 e. The topological polar surface area (TPSA) is 59.1 Å². The number of hydrogen-bond acceptors (Lipinski definition) is 5. The molecule has 0 aliphatic carbocycles. The molecule has 0 bridgehead atoms. The molecule has 4 rings (SSSR count). The summed E-state index contributed by atoms with van der Waals surface area (Å²) in [6, 6.07) is 10.6. The minimum atomic E-state index is -3.49. The number of sulfonamides is 1. The van der Waals surface area contributed by atoms with Crippen LogP contribution in [-0.4, -0.2) is 50.6 Å². The summed E-state index contributed by atoms with van der Waals surface area (Å²) in [5.41, 5.74) is 1.96. The van der Waals surface area contributed by atoms with Crippen LogP contribution in [0.4, 0.5) is 0 Å². The van der Waals surface area contributed by atoms with E-state index in [1.165, 1.54) is 0 Å². The quantitative estimate of drug-likeness (QED) is 0.661. The van der Waals surface area contributed by atoms with E-state index in [1.54, 1.807) is 22.5 Å². The Kier molecular flexibility index (Phi) is 5.96. The Bertz CT molecular complexity index is 978. The van der Waals surface area contributed by atoms with Crippen LogP contribution in [0.2, 0.25) is 5.02 Å². The zero-order chi connectivity index (χ0) is 19.7. The fraction of sp³-hybridized carbons (Fsp3) is 0.368. The van der Waals surface area contributed by atoms with Gasteiger partial charge in [-0.3, -0.25) is 4.90 Å². The molecule has 0 saturated carbocycles. The van der Waals surface area contributed by atoms with Gasteiger partial charge in [0, 0.05) is 53.3 Å². The fourth-order valence-corrected chi connectivity index (χ4v) is 5.80. The molecule has 0 radical (unpaired) electrons. The molecule has 2 aliphatic heterocycles. The maximum Gasteiger partial charge on any atom is 0.243 e. The van der Waals surface area contributed by atoms with Crippen LogP contribution in [0.5, 0.6) is 5.75 Å². The Hall–Kier alpha value is -1.16. The molecule has 2 aromatic carbocycles. The van der Waals surface area contributed by atoms with Gasteiger partial charge in [-0.1, -0.05) is 33.6 Å². The normalized spacial score (nSPS) is 18.5. The van der Waals surface area contributed by atoms with E-state index in [9.17, 15) is 8.42 Å². The summed E-state index contributed by atoms with van der Waals surface area (Å²) in [6.07, 6.45) is 0. The Labute approximate surface area is 178 Å². The van der Waals surface area contributed by atoms with Crippen molar-refractivity contribution >= 4 is 37.6 Å². The second kappa shape index (κ2) is 8.30. The van der Waals surface area contributed by atoms with Gasteiger partial charge in [-0.2, -0.15) is 4.31 Å². The lowest BCUT2D eigenvalue weighted by molar-refractivity contribution is -0.0175. The van der Waals surface area contributed by atoms with Crippen LogP contribution in [0.1, 0.15) is 11.1 Å². The highest BCUT2D eigenvalue weighted by atomic mass is 79.9. The summed E-state index contributed by atoms with van der Waals surface area (Å²) in [5.74, 6) is 0.833. The van der Waals surface area contributed by atoms with Crippen LogP contribution in [-0.2, 0) is 27.9 Å². The van der Waals surface area contributed by atoms with Crippen LogP contribution in [0.15, 0.2) is 45.8 Å².